The largest absolute Gasteiger partial charge is 0.507 e. The Hall–Kier alpha value is -1.44. The van der Waals surface area contributed by atoms with Crippen molar-refractivity contribution < 1.29 is 9.84 Å². The number of allylic oxidation sites excluding steroid dienone is 2. The standard InChI is InChI=1S/C20H28O2/c1-6-8-15-12(3)19(21)18-16-10-7-9-11(2)17(16)14(5)22-20(18)13(15)4/h11,16,21H,6-10H2,1-5H3. The molecule has 1 aromatic carbocycles. The Morgan fingerprint density at radius 2 is 1.86 bits per heavy atom. The zero-order chi connectivity index (χ0) is 16.0. The summed E-state index contributed by atoms with van der Waals surface area (Å²) in [7, 11) is 0. The first kappa shape index (κ1) is 15.5. The number of hydrogen-bond donors (Lipinski definition) is 1. The second-order valence-corrected chi connectivity index (χ2v) is 7.07. The summed E-state index contributed by atoms with van der Waals surface area (Å²) in [5.41, 5.74) is 6.01. The first-order valence-corrected chi connectivity index (χ1v) is 8.70. The molecule has 2 atom stereocenters. The molecule has 3 rings (SSSR count). The highest BCUT2D eigenvalue weighted by molar-refractivity contribution is 5.63. The lowest BCUT2D eigenvalue weighted by molar-refractivity contribution is 0.326. The molecule has 1 aliphatic carbocycles. The lowest BCUT2D eigenvalue weighted by Crippen LogP contribution is -2.24. The summed E-state index contributed by atoms with van der Waals surface area (Å²) < 4.78 is 6.24. The lowest BCUT2D eigenvalue weighted by Gasteiger charge is -2.38. The Bertz CT molecular complexity index is 640. The molecule has 0 radical (unpaired) electrons. The summed E-state index contributed by atoms with van der Waals surface area (Å²) in [6.07, 6.45) is 5.68. The minimum absolute atomic E-state index is 0.348. The molecule has 2 nitrogen and oxygen atoms in total. The number of benzene rings is 1. The maximum absolute atomic E-state index is 10.9. The zero-order valence-corrected chi connectivity index (χ0v) is 14.5. The van der Waals surface area contributed by atoms with Crippen LogP contribution in [0.3, 0.4) is 0 Å². The van der Waals surface area contributed by atoms with Gasteiger partial charge >= 0.3 is 0 Å². The van der Waals surface area contributed by atoms with Gasteiger partial charge in [0.2, 0.25) is 0 Å². The fourth-order valence-electron chi connectivity index (χ4n) is 4.54. The molecule has 1 N–H and O–H groups in total. The van der Waals surface area contributed by atoms with E-state index in [4.69, 9.17) is 4.74 Å². The van der Waals surface area contributed by atoms with E-state index < -0.39 is 0 Å². The highest BCUT2D eigenvalue weighted by Gasteiger charge is 2.37. The van der Waals surface area contributed by atoms with Gasteiger partial charge in [0.05, 0.1) is 0 Å². The number of rotatable bonds is 2. The Labute approximate surface area is 134 Å². The summed E-state index contributed by atoms with van der Waals surface area (Å²) in [6, 6.07) is 0. The first-order valence-electron chi connectivity index (χ1n) is 8.70. The van der Waals surface area contributed by atoms with Gasteiger partial charge in [-0.15, -0.1) is 0 Å². The van der Waals surface area contributed by atoms with Crippen LogP contribution in [-0.4, -0.2) is 5.11 Å². The van der Waals surface area contributed by atoms with Gasteiger partial charge in [-0.3, -0.25) is 0 Å². The third-order valence-electron chi connectivity index (χ3n) is 5.65. The van der Waals surface area contributed by atoms with E-state index in [1.54, 1.807) is 0 Å². The maximum Gasteiger partial charge on any atom is 0.137 e. The van der Waals surface area contributed by atoms with Crippen molar-refractivity contribution in [3.8, 4) is 11.5 Å². The molecule has 1 heterocycles. The summed E-state index contributed by atoms with van der Waals surface area (Å²) in [4.78, 5) is 0. The van der Waals surface area contributed by atoms with E-state index in [0.717, 1.165) is 41.9 Å². The van der Waals surface area contributed by atoms with E-state index in [1.165, 1.54) is 29.5 Å². The van der Waals surface area contributed by atoms with Crippen LogP contribution in [0.4, 0.5) is 0 Å². The number of aromatic hydroxyl groups is 1. The third-order valence-corrected chi connectivity index (χ3v) is 5.65. The zero-order valence-electron chi connectivity index (χ0n) is 14.5. The van der Waals surface area contributed by atoms with Gasteiger partial charge < -0.3 is 9.84 Å². The van der Waals surface area contributed by atoms with Crippen LogP contribution in [0.1, 0.15) is 74.6 Å². The molecule has 0 bridgehead atoms. The Kier molecular flexibility index (Phi) is 3.96. The van der Waals surface area contributed by atoms with E-state index in [1.807, 2.05) is 0 Å². The number of ether oxygens (including phenoxy) is 1. The van der Waals surface area contributed by atoms with Crippen LogP contribution in [0.2, 0.25) is 0 Å². The minimum atomic E-state index is 0.348. The number of phenols is 1. The van der Waals surface area contributed by atoms with E-state index in [2.05, 4.69) is 34.6 Å². The van der Waals surface area contributed by atoms with Crippen molar-refractivity contribution in [2.45, 2.75) is 72.6 Å². The molecule has 1 aliphatic heterocycles. The number of fused-ring (bicyclic) bond motifs is 3. The average Bonchev–Trinajstić information content (AvgIpc) is 2.49. The second kappa shape index (κ2) is 5.64. The molecule has 22 heavy (non-hydrogen) atoms. The van der Waals surface area contributed by atoms with E-state index in [9.17, 15) is 5.11 Å². The van der Waals surface area contributed by atoms with E-state index >= 15 is 0 Å². The summed E-state index contributed by atoms with van der Waals surface area (Å²) in [5.74, 6) is 3.39. The summed E-state index contributed by atoms with van der Waals surface area (Å²) in [6.45, 7) is 10.8. The highest BCUT2D eigenvalue weighted by Crippen LogP contribution is 2.54. The molecule has 0 amide bonds. The lowest BCUT2D eigenvalue weighted by atomic mass is 9.71. The van der Waals surface area contributed by atoms with Crippen molar-refractivity contribution in [3.05, 3.63) is 33.6 Å². The summed E-state index contributed by atoms with van der Waals surface area (Å²) in [5, 5.41) is 10.9. The quantitative estimate of drug-likeness (QED) is 0.778. The third kappa shape index (κ3) is 2.15. The van der Waals surface area contributed by atoms with Gasteiger partial charge in [0.25, 0.3) is 0 Å². The molecular formula is C20H28O2. The summed E-state index contributed by atoms with van der Waals surface area (Å²) >= 11 is 0. The van der Waals surface area contributed by atoms with Crippen LogP contribution in [0.5, 0.6) is 11.5 Å². The predicted molar refractivity (Wildman–Crippen MR) is 90.7 cm³/mol. The van der Waals surface area contributed by atoms with Crippen molar-refractivity contribution in [3.63, 3.8) is 0 Å². The topological polar surface area (TPSA) is 29.5 Å². The van der Waals surface area contributed by atoms with Crippen molar-refractivity contribution in [2.75, 3.05) is 0 Å². The molecule has 0 saturated heterocycles. The smallest absolute Gasteiger partial charge is 0.137 e. The van der Waals surface area contributed by atoms with Gasteiger partial charge in [-0.25, -0.2) is 0 Å². The van der Waals surface area contributed by atoms with Gasteiger partial charge in [-0.2, -0.15) is 0 Å². The minimum Gasteiger partial charge on any atom is -0.507 e. The van der Waals surface area contributed by atoms with Crippen LogP contribution in [0, 0.1) is 19.8 Å². The van der Waals surface area contributed by atoms with Crippen molar-refractivity contribution >= 4 is 0 Å². The maximum atomic E-state index is 10.9. The normalized spacial score (nSPS) is 23.9. The van der Waals surface area contributed by atoms with Crippen LogP contribution >= 0.6 is 0 Å². The molecule has 120 valence electrons. The van der Waals surface area contributed by atoms with Crippen molar-refractivity contribution in [1.82, 2.24) is 0 Å². The molecular weight excluding hydrogens is 272 g/mol. The van der Waals surface area contributed by atoms with Gasteiger partial charge in [0.1, 0.15) is 17.3 Å². The molecule has 2 heteroatoms. The monoisotopic (exact) mass is 300 g/mol. The van der Waals surface area contributed by atoms with Crippen LogP contribution < -0.4 is 4.74 Å². The average molecular weight is 300 g/mol. The Morgan fingerprint density at radius 1 is 1.14 bits per heavy atom. The predicted octanol–water partition coefficient (Wildman–Crippen LogP) is 5.53. The highest BCUT2D eigenvalue weighted by atomic mass is 16.5. The van der Waals surface area contributed by atoms with Gasteiger partial charge in [0.15, 0.2) is 0 Å². The van der Waals surface area contributed by atoms with Crippen LogP contribution in [-0.2, 0) is 6.42 Å². The SMILES string of the molecule is CCCc1c(C)c(O)c2c(c1C)OC(C)=C1C(C)CCCC12. The molecule has 1 aromatic rings. The molecule has 0 aromatic heterocycles. The van der Waals surface area contributed by atoms with E-state index in [0.29, 0.717) is 17.6 Å². The van der Waals surface area contributed by atoms with Crippen molar-refractivity contribution in [2.24, 2.45) is 5.92 Å². The van der Waals surface area contributed by atoms with Gasteiger partial charge in [-0.1, -0.05) is 26.7 Å². The first-order chi connectivity index (χ1) is 10.5. The van der Waals surface area contributed by atoms with Gasteiger partial charge in [-0.05, 0) is 68.2 Å². The van der Waals surface area contributed by atoms with Crippen LogP contribution in [0.15, 0.2) is 11.3 Å². The fraction of sp³-hybridized carbons (Fsp3) is 0.600. The van der Waals surface area contributed by atoms with E-state index in [-0.39, 0.29) is 0 Å². The fourth-order valence-corrected chi connectivity index (χ4v) is 4.54. The Morgan fingerprint density at radius 3 is 2.55 bits per heavy atom. The molecule has 1 fully saturated rings. The second-order valence-electron chi connectivity index (χ2n) is 7.07. The number of hydrogen-bond acceptors (Lipinski definition) is 2. The number of phenolic OH excluding ortho intramolecular Hbond substituents is 1. The molecule has 2 unspecified atom stereocenters. The van der Waals surface area contributed by atoms with Crippen LogP contribution in [0.25, 0.3) is 0 Å². The van der Waals surface area contributed by atoms with Crippen molar-refractivity contribution in [1.29, 1.82) is 0 Å². The Balaban J connectivity index is 2.22. The molecule has 2 aliphatic rings. The molecule has 1 saturated carbocycles. The van der Waals surface area contributed by atoms with Gasteiger partial charge in [0, 0.05) is 11.5 Å². The molecule has 0 spiro atoms.